The Morgan fingerprint density at radius 1 is 1.09 bits per heavy atom. The van der Waals surface area contributed by atoms with E-state index in [0.29, 0.717) is 19.4 Å². The molecule has 0 saturated heterocycles. The number of aryl methyl sites for hydroxylation is 1. The minimum atomic E-state index is 0.0307. The minimum Gasteiger partial charge on any atom is -0.494 e. The molecule has 1 N–H and O–H groups in total. The molecule has 0 heterocycles. The summed E-state index contributed by atoms with van der Waals surface area (Å²) < 4.78 is 5.58. The largest absolute Gasteiger partial charge is 0.494 e. The fourth-order valence-corrected chi connectivity index (χ4v) is 2.19. The second-order valence-corrected chi connectivity index (χ2v) is 5.46. The molecule has 3 nitrogen and oxygen atoms in total. The first kappa shape index (κ1) is 16.1. The van der Waals surface area contributed by atoms with E-state index in [0.717, 1.165) is 11.3 Å². The molecule has 2 rings (SSSR count). The Morgan fingerprint density at radius 3 is 2.45 bits per heavy atom. The van der Waals surface area contributed by atoms with Crippen molar-refractivity contribution in [2.24, 2.45) is 0 Å². The lowest BCUT2D eigenvalue weighted by atomic mass is 10.1. The van der Waals surface area contributed by atoms with Gasteiger partial charge in [-0.1, -0.05) is 48.0 Å². The van der Waals surface area contributed by atoms with Crippen LogP contribution in [0.3, 0.4) is 0 Å². The molecule has 0 fully saturated rings. The summed E-state index contributed by atoms with van der Waals surface area (Å²) in [4.78, 5) is 11.9. The number of ether oxygens (including phenoxy) is 1. The molecular formula is C19H23NO2. The van der Waals surface area contributed by atoms with Crippen LogP contribution in [0.5, 0.6) is 5.75 Å². The average Bonchev–Trinajstić information content (AvgIpc) is 2.53. The van der Waals surface area contributed by atoms with Crippen molar-refractivity contribution in [3.05, 3.63) is 65.7 Å². The topological polar surface area (TPSA) is 38.3 Å². The smallest absolute Gasteiger partial charge is 0.220 e. The van der Waals surface area contributed by atoms with Gasteiger partial charge in [-0.15, -0.1) is 0 Å². The third kappa shape index (κ3) is 5.24. The maximum atomic E-state index is 11.9. The van der Waals surface area contributed by atoms with Crippen molar-refractivity contribution >= 4 is 5.91 Å². The van der Waals surface area contributed by atoms with Crippen LogP contribution in [0.25, 0.3) is 0 Å². The molecule has 0 aromatic heterocycles. The summed E-state index contributed by atoms with van der Waals surface area (Å²) in [7, 11) is 0. The van der Waals surface area contributed by atoms with Crippen LogP contribution in [-0.4, -0.2) is 12.5 Å². The molecule has 116 valence electrons. The molecule has 2 aromatic rings. The van der Waals surface area contributed by atoms with Gasteiger partial charge in [0.25, 0.3) is 0 Å². The summed E-state index contributed by atoms with van der Waals surface area (Å²) >= 11 is 0. The van der Waals surface area contributed by atoms with E-state index in [-0.39, 0.29) is 11.9 Å². The summed E-state index contributed by atoms with van der Waals surface area (Å²) in [5, 5.41) is 3.02. The van der Waals surface area contributed by atoms with Crippen molar-refractivity contribution < 1.29 is 9.53 Å². The van der Waals surface area contributed by atoms with Crippen molar-refractivity contribution in [1.29, 1.82) is 0 Å². The number of benzene rings is 2. The highest BCUT2D eigenvalue weighted by Gasteiger charge is 2.09. The number of para-hydroxylation sites is 1. The van der Waals surface area contributed by atoms with Gasteiger partial charge in [0.2, 0.25) is 5.91 Å². The van der Waals surface area contributed by atoms with Gasteiger partial charge in [0.1, 0.15) is 5.75 Å². The molecule has 0 radical (unpaired) electrons. The zero-order valence-corrected chi connectivity index (χ0v) is 13.2. The van der Waals surface area contributed by atoms with Crippen LogP contribution in [0.2, 0.25) is 0 Å². The van der Waals surface area contributed by atoms with Crippen LogP contribution in [0.4, 0.5) is 0 Å². The van der Waals surface area contributed by atoms with Crippen molar-refractivity contribution in [3.8, 4) is 5.75 Å². The average molecular weight is 297 g/mol. The van der Waals surface area contributed by atoms with E-state index in [9.17, 15) is 4.79 Å². The standard InChI is InChI=1S/C19H23NO2/c1-15-10-12-17(13-11-15)16(2)20-19(21)9-6-14-22-18-7-4-3-5-8-18/h3-5,7-8,10-13,16H,6,9,14H2,1-2H3,(H,20,21)/t16-/m0/s1. The number of hydrogen-bond donors (Lipinski definition) is 1. The molecular weight excluding hydrogens is 274 g/mol. The fourth-order valence-electron chi connectivity index (χ4n) is 2.19. The lowest BCUT2D eigenvalue weighted by Gasteiger charge is -2.14. The van der Waals surface area contributed by atoms with Crippen LogP contribution in [0.15, 0.2) is 54.6 Å². The van der Waals surface area contributed by atoms with Crippen LogP contribution in [0, 0.1) is 6.92 Å². The Kier molecular flexibility index (Phi) is 6.01. The third-order valence-electron chi connectivity index (χ3n) is 3.51. The van der Waals surface area contributed by atoms with Crippen molar-refractivity contribution in [2.75, 3.05) is 6.61 Å². The third-order valence-corrected chi connectivity index (χ3v) is 3.51. The molecule has 0 saturated carbocycles. The molecule has 0 bridgehead atoms. The van der Waals surface area contributed by atoms with Gasteiger partial charge in [0.05, 0.1) is 12.6 Å². The summed E-state index contributed by atoms with van der Waals surface area (Å²) in [5.74, 6) is 0.903. The maximum Gasteiger partial charge on any atom is 0.220 e. The Labute approximate surface area is 132 Å². The van der Waals surface area contributed by atoms with E-state index >= 15 is 0 Å². The number of carbonyl (C=O) groups excluding carboxylic acids is 1. The lowest BCUT2D eigenvalue weighted by molar-refractivity contribution is -0.121. The number of amides is 1. The highest BCUT2D eigenvalue weighted by Crippen LogP contribution is 2.13. The highest BCUT2D eigenvalue weighted by molar-refractivity contribution is 5.76. The van der Waals surface area contributed by atoms with Gasteiger partial charge in [-0.3, -0.25) is 4.79 Å². The van der Waals surface area contributed by atoms with Crippen LogP contribution in [-0.2, 0) is 4.79 Å². The molecule has 0 spiro atoms. The summed E-state index contributed by atoms with van der Waals surface area (Å²) in [6, 6.07) is 17.9. The van der Waals surface area contributed by atoms with Gasteiger partial charge in [0.15, 0.2) is 0 Å². The van der Waals surface area contributed by atoms with Gasteiger partial charge in [0, 0.05) is 6.42 Å². The normalized spacial score (nSPS) is 11.7. The Balaban J connectivity index is 1.68. The fraction of sp³-hybridized carbons (Fsp3) is 0.316. The number of nitrogens with one attached hydrogen (secondary N) is 1. The second kappa shape index (κ2) is 8.23. The highest BCUT2D eigenvalue weighted by atomic mass is 16.5. The molecule has 0 aliphatic heterocycles. The second-order valence-electron chi connectivity index (χ2n) is 5.46. The van der Waals surface area contributed by atoms with Gasteiger partial charge in [-0.25, -0.2) is 0 Å². The van der Waals surface area contributed by atoms with Crippen molar-refractivity contribution in [1.82, 2.24) is 5.32 Å². The zero-order valence-electron chi connectivity index (χ0n) is 13.2. The summed E-state index contributed by atoms with van der Waals surface area (Å²) in [5.41, 5.74) is 2.35. The van der Waals surface area contributed by atoms with E-state index in [1.807, 2.05) is 37.3 Å². The van der Waals surface area contributed by atoms with E-state index in [4.69, 9.17) is 4.74 Å². The number of hydrogen-bond acceptors (Lipinski definition) is 2. The summed E-state index contributed by atoms with van der Waals surface area (Å²) in [6.45, 7) is 4.61. The van der Waals surface area contributed by atoms with Crippen molar-refractivity contribution in [2.45, 2.75) is 32.7 Å². The van der Waals surface area contributed by atoms with Crippen LogP contribution >= 0.6 is 0 Å². The van der Waals surface area contributed by atoms with E-state index < -0.39 is 0 Å². The van der Waals surface area contributed by atoms with Gasteiger partial charge in [-0.05, 0) is 38.0 Å². The first-order valence-corrected chi connectivity index (χ1v) is 7.69. The van der Waals surface area contributed by atoms with E-state index in [1.54, 1.807) is 0 Å². The molecule has 0 unspecified atom stereocenters. The van der Waals surface area contributed by atoms with Crippen molar-refractivity contribution in [3.63, 3.8) is 0 Å². The predicted octanol–water partition coefficient (Wildman–Crippen LogP) is 4.03. The predicted molar refractivity (Wildman–Crippen MR) is 88.9 cm³/mol. The first-order chi connectivity index (χ1) is 10.6. The maximum absolute atomic E-state index is 11.9. The molecule has 0 aliphatic carbocycles. The Bertz CT molecular complexity index is 578. The Hall–Kier alpha value is -2.29. The van der Waals surface area contributed by atoms with Crippen LogP contribution < -0.4 is 10.1 Å². The molecule has 2 aromatic carbocycles. The first-order valence-electron chi connectivity index (χ1n) is 7.69. The lowest BCUT2D eigenvalue weighted by Crippen LogP contribution is -2.26. The molecule has 1 atom stereocenters. The zero-order chi connectivity index (χ0) is 15.8. The summed E-state index contributed by atoms with van der Waals surface area (Å²) in [6.07, 6.45) is 1.18. The van der Waals surface area contributed by atoms with Gasteiger partial charge < -0.3 is 10.1 Å². The molecule has 22 heavy (non-hydrogen) atoms. The molecule has 3 heteroatoms. The minimum absolute atomic E-state index is 0.0307. The van der Waals surface area contributed by atoms with E-state index in [1.165, 1.54) is 5.56 Å². The SMILES string of the molecule is Cc1ccc([C@H](C)NC(=O)CCCOc2ccccc2)cc1. The monoisotopic (exact) mass is 297 g/mol. The van der Waals surface area contributed by atoms with E-state index in [2.05, 4.69) is 36.5 Å². The number of rotatable bonds is 7. The molecule has 0 aliphatic rings. The number of carbonyl (C=O) groups is 1. The quantitative estimate of drug-likeness (QED) is 0.784. The van der Waals surface area contributed by atoms with Gasteiger partial charge >= 0.3 is 0 Å². The Morgan fingerprint density at radius 2 is 1.77 bits per heavy atom. The van der Waals surface area contributed by atoms with Crippen LogP contribution in [0.1, 0.15) is 36.9 Å². The molecule has 1 amide bonds. The van der Waals surface area contributed by atoms with Gasteiger partial charge in [-0.2, -0.15) is 0 Å².